The van der Waals surface area contributed by atoms with Crippen molar-refractivity contribution in [2.24, 2.45) is 0 Å². The van der Waals surface area contributed by atoms with Crippen molar-refractivity contribution in [2.75, 3.05) is 0 Å². The maximum atomic E-state index is 12.5. The van der Waals surface area contributed by atoms with Crippen LogP contribution >= 0.6 is 0 Å². The maximum absolute atomic E-state index is 12.5. The summed E-state index contributed by atoms with van der Waals surface area (Å²) in [4.78, 5) is 15.7. The SMILES string of the molecule is Cc1cnn([C@H]2[C@H](O)C[C@@H]2NC(=O)c2ccc(C(F)(F)F)cn2)c1. The molecule has 0 radical (unpaired) electrons. The van der Waals surface area contributed by atoms with Crippen molar-refractivity contribution >= 4 is 5.91 Å². The quantitative estimate of drug-likeness (QED) is 0.891. The number of aliphatic hydroxyl groups excluding tert-OH is 1. The minimum Gasteiger partial charge on any atom is -0.391 e. The first kappa shape index (κ1) is 16.4. The molecule has 0 unspecified atom stereocenters. The van der Waals surface area contributed by atoms with Gasteiger partial charge in [0.25, 0.3) is 5.91 Å². The number of pyridine rings is 1. The van der Waals surface area contributed by atoms with Crippen LogP contribution in [0, 0.1) is 6.92 Å². The number of alkyl halides is 3. The molecule has 2 aromatic rings. The Labute approximate surface area is 135 Å². The van der Waals surface area contributed by atoms with Crippen LogP contribution in [0.25, 0.3) is 0 Å². The molecule has 2 N–H and O–H groups in total. The first-order chi connectivity index (χ1) is 11.3. The van der Waals surface area contributed by atoms with E-state index in [2.05, 4.69) is 15.4 Å². The number of hydrogen-bond acceptors (Lipinski definition) is 4. The Kier molecular flexibility index (Phi) is 4.04. The number of nitrogens with zero attached hydrogens (tertiary/aromatic N) is 3. The van der Waals surface area contributed by atoms with Gasteiger partial charge in [0.1, 0.15) is 5.69 Å². The molecule has 2 heterocycles. The summed E-state index contributed by atoms with van der Waals surface area (Å²) in [5, 5.41) is 16.7. The third-order valence-electron chi connectivity index (χ3n) is 3.98. The van der Waals surface area contributed by atoms with Gasteiger partial charge in [0.2, 0.25) is 0 Å². The van der Waals surface area contributed by atoms with Crippen molar-refractivity contribution in [3.63, 3.8) is 0 Å². The monoisotopic (exact) mass is 340 g/mol. The third kappa shape index (κ3) is 3.12. The second-order valence-electron chi connectivity index (χ2n) is 5.80. The van der Waals surface area contributed by atoms with Gasteiger partial charge in [-0.05, 0) is 31.0 Å². The predicted molar refractivity (Wildman–Crippen MR) is 77.1 cm³/mol. The fourth-order valence-electron chi connectivity index (χ4n) is 2.65. The lowest BCUT2D eigenvalue weighted by molar-refractivity contribution is -0.137. The molecule has 6 nitrogen and oxygen atoms in total. The highest BCUT2D eigenvalue weighted by atomic mass is 19.4. The summed E-state index contributed by atoms with van der Waals surface area (Å²) in [6.45, 7) is 1.86. The van der Waals surface area contributed by atoms with Gasteiger partial charge in [0.05, 0.1) is 29.9 Å². The Hall–Kier alpha value is -2.42. The van der Waals surface area contributed by atoms with Crippen LogP contribution in [0.15, 0.2) is 30.7 Å². The summed E-state index contributed by atoms with van der Waals surface area (Å²) < 4.78 is 39.1. The lowest BCUT2D eigenvalue weighted by Gasteiger charge is -2.41. The van der Waals surface area contributed by atoms with Gasteiger partial charge in [-0.2, -0.15) is 18.3 Å². The number of aromatic nitrogens is 3. The topological polar surface area (TPSA) is 80.0 Å². The van der Waals surface area contributed by atoms with Crippen LogP contribution in [-0.2, 0) is 6.18 Å². The maximum Gasteiger partial charge on any atom is 0.417 e. The zero-order valence-corrected chi connectivity index (χ0v) is 12.7. The highest BCUT2D eigenvalue weighted by molar-refractivity contribution is 5.92. The van der Waals surface area contributed by atoms with Crippen LogP contribution in [0.5, 0.6) is 0 Å². The van der Waals surface area contributed by atoms with E-state index in [9.17, 15) is 23.1 Å². The van der Waals surface area contributed by atoms with Gasteiger partial charge in [-0.15, -0.1) is 0 Å². The van der Waals surface area contributed by atoms with Crippen molar-refractivity contribution < 1.29 is 23.1 Å². The number of rotatable bonds is 3. The molecule has 0 saturated heterocycles. The van der Waals surface area contributed by atoms with Gasteiger partial charge in [0.15, 0.2) is 0 Å². The highest BCUT2D eigenvalue weighted by Gasteiger charge is 2.43. The Morgan fingerprint density at radius 2 is 2.12 bits per heavy atom. The first-order valence-electron chi connectivity index (χ1n) is 7.28. The highest BCUT2D eigenvalue weighted by Crippen LogP contribution is 2.33. The molecular weight excluding hydrogens is 325 g/mol. The average Bonchev–Trinajstić information content (AvgIpc) is 2.91. The van der Waals surface area contributed by atoms with E-state index in [0.717, 1.165) is 17.7 Å². The molecule has 2 aromatic heterocycles. The lowest BCUT2D eigenvalue weighted by atomic mass is 9.83. The van der Waals surface area contributed by atoms with Crippen LogP contribution in [0.1, 0.15) is 34.1 Å². The van der Waals surface area contributed by atoms with Crippen LogP contribution in [-0.4, -0.2) is 37.9 Å². The molecule has 1 fully saturated rings. The molecule has 0 spiro atoms. The van der Waals surface area contributed by atoms with Crippen LogP contribution < -0.4 is 5.32 Å². The molecule has 1 saturated carbocycles. The first-order valence-corrected chi connectivity index (χ1v) is 7.28. The number of hydrogen-bond donors (Lipinski definition) is 2. The molecule has 3 atom stereocenters. The summed E-state index contributed by atoms with van der Waals surface area (Å²) >= 11 is 0. The fraction of sp³-hybridized carbons (Fsp3) is 0.400. The van der Waals surface area contributed by atoms with Crippen LogP contribution in [0.4, 0.5) is 13.2 Å². The largest absolute Gasteiger partial charge is 0.417 e. The summed E-state index contributed by atoms with van der Waals surface area (Å²) in [7, 11) is 0. The van der Waals surface area contributed by atoms with Gasteiger partial charge in [-0.1, -0.05) is 0 Å². The smallest absolute Gasteiger partial charge is 0.391 e. The van der Waals surface area contributed by atoms with E-state index in [1.807, 2.05) is 6.92 Å². The average molecular weight is 340 g/mol. The Morgan fingerprint density at radius 1 is 1.38 bits per heavy atom. The summed E-state index contributed by atoms with van der Waals surface area (Å²) in [6.07, 6.45) is -0.780. The van der Waals surface area contributed by atoms with E-state index in [1.165, 1.54) is 0 Å². The van der Waals surface area contributed by atoms with Crippen LogP contribution in [0.2, 0.25) is 0 Å². The Bertz CT molecular complexity index is 742. The van der Waals surface area contributed by atoms with Crippen LogP contribution in [0.3, 0.4) is 0 Å². The zero-order chi connectivity index (χ0) is 17.5. The minimum absolute atomic E-state index is 0.111. The molecule has 0 aromatic carbocycles. The molecule has 1 amide bonds. The molecule has 0 bridgehead atoms. The summed E-state index contributed by atoms with van der Waals surface area (Å²) in [5.74, 6) is -0.588. The van der Waals surface area contributed by atoms with E-state index in [4.69, 9.17) is 0 Å². The van der Waals surface area contributed by atoms with Gasteiger partial charge >= 0.3 is 6.18 Å². The fourth-order valence-corrected chi connectivity index (χ4v) is 2.65. The zero-order valence-electron chi connectivity index (χ0n) is 12.7. The molecule has 9 heteroatoms. The van der Waals surface area contributed by atoms with E-state index >= 15 is 0 Å². The van der Waals surface area contributed by atoms with Gasteiger partial charge in [-0.3, -0.25) is 14.5 Å². The van der Waals surface area contributed by atoms with Crippen molar-refractivity contribution in [1.29, 1.82) is 0 Å². The predicted octanol–water partition coefficient (Wildman–Crippen LogP) is 1.71. The molecule has 0 aliphatic heterocycles. The molecule has 3 rings (SSSR count). The van der Waals surface area contributed by atoms with E-state index in [-0.39, 0.29) is 11.7 Å². The van der Waals surface area contributed by atoms with Gasteiger partial charge < -0.3 is 10.4 Å². The number of carbonyl (C=O) groups excluding carboxylic acids is 1. The van der Waals surface area contributed by atoms with Crippen molar-refractivity contribution in [1.82, 2.24) is 20.1 Å². The number of aryl methyl sites for hydroxylation is 1. The Morgan fingerprint density at radius 3 is 2.62 bits per heavy atom. The normalized spacial score (nSPS) is 23.6. The lowest BCUT2D eigenvalue weighted by Crippen LogP contribution is -2.56. The second kappa shape index (κ2) is 5.90. The second-order valence-corrected chi connectivity index (χ2v) is 5.80. The van der Waals surface area contributed by atoms with Crippen molar-refractivity contribution in [2.45, 2.75) is 37.7 Å². The molecule has 1 aliphatic rings. The molecular formula is C15H15F3N4O2. The molecule has 1 aliphatic carbocycles. The minimum atomic E-state index is -4.50. The third-order valence-corrected chi connectivity index (χ3v) is 3.98. The Balaban J connectivity index is 1.68. The molecule has 24 heavy (non-hydrogen) atoms. The van der Waals surface area contributed by atoms with Crippen molar-refractivity contribution in [3.8, 4) is 0 Å². The summed E-state index contributed by atoms with van der Waals surface area (Å²) in [5.41, 5.74) is -0.105. The van der Waals surface area contributed by atoms with Gasteiger partial charge in [0, 0.05) is 12.4 Å². The molecule has 128 valence electrons. The van der Waals surface area contributed by atoms with Gasteiger partial charge in [-0.25, -0.2) is 0 Å². The summed E-state index contributed by atoms with van der Waals surface area (Å²) in [6, 6.07) is 1.07. The number of nitrogens with one attached hydrogen (secondary N) is 1. The van der Waals surface area contributed by atoms with E-state index in [1.54, 1.807) is 17.1 Å². The number of carbonyl (C=O) groups is 1. The van der Waals surface area contributed by atoms with Crippen molar-refractivity contribution in [3.05, 3.63) is 47.5 Å². The number of halogens is 3. The number of amides is 1. The number of aliphatic hydroxyl groups is 1. The standard InChI is InChI=1S/C15H15F3N4O2/c1-8-5-20-22(7-8)13-11(4-12(13)23)21-14(24)10-3-2-9(6-19-10)15(16,17)18/h2-3,5-7,11-13,23H,4H2,1H3,(H,21,24)/t11-,12+,13+/m0/s1. The van der Waals surface area contributed by atoms with E-state index in [0.29, 0.717) is 12.6 Å². The van der Waals surface area contributed by atoms with E-state index < -0.39 is 29.8 Å².